The summed E-state index contributed by atoms with van der Waals surface area (Å²) in [5.74, 6) is 0.923. The second kappa shape index (κ2) is 8.08. The van der Waals surface area contributed by atoms with Gasteiger partial charge in [-0.2, -0.15) is 0 Å². The Hall–Kier alpha value is -1.92. The molecule has 1 aromatic carbocycles. The molecule has 23 heavy (non-hydrogen) atoms. The Morgan fingerprint density at radius 1 is 1.22 bits per heavy atom. The number of hydrogen-bond acceptors (Lipinski definition) is 5. The molecule has 0 radical (unpaired) electrons. The first-order valence-corrected chi connectivity index (χ1v) is 8.26. The highest BCUT2D eigenvalue weighted by molar-refractivity contribution is 7.11. The minimum Gasteiger partial charge on any atom is -0.497 e. The molecular formula is C17H23N3O2S. The number of benzene rings is 1. The normalized spacial score (nSPS) is 10.8. The first kappa shape index (κ1) is 17.4. The van der Waals surface area contributed by atoms with Gasteiger partial charge >= 0.3 is 0 Å². The molecule has 0 aliphatic heterocycles. The SMILES string of the molecule is COc1ccc(CN(C)C(=O)CN(C)Cc2cnc(C)s2)cc1. The standard InChI is InChI=1S/C17H23N3O2S/c1-13-18-9-16(23-13)11-19(2)12-17(21)20(3)10-14-5-7-15(22-4)8-6-14/h5-9H,10-12H2,1-4H3. The van der Waals surface area contributed by atoms with E-state index in [0.717, 1.165) is 22.9 Å². The van der Waals surface area contributed by atoms with E-state index in [1.54, 1.807) is 23.3 Å². The molecular weight excluding hydrogens is 310 g/mol. The summed E-state index contributed by atoms with van der Waals surface area (Å²) in [5, 5.41) is 1.05. The summed E-state index contributed by atoms with van der Waals surface area (Å²) < 4.78 is 5.14. The molecule has 0 unspecified atom stereocenters. The average molecular weight is 333 g/mol. The summed E-state index contributed by atoms with van der Waals surface area (Å²) in [6.07, 6.45) is 1.88. The van der Waals surface area contributed by atoms with E-state index in [1.807, 2.05) is 56.4 Å². The van der Waals surface area contributed by atoms with Crippen LogP contribution in [0.4, 0.5) is 0 Å². The molecule has 2 rings (SSSR count). The Bertz CT molecular complexity index is 640. The minimum absolute atomic E-state index is 0.101. The summed E-state index contributed by atoms with van der Waals surface area (Å²) >= 11 is 1.67. The molecule has 0 saturated carbocycles. The molecule has 0 spiro atoms. The highest BCUT2D eigenvalue weighted by Crippen LogP contribution is 2.14. The smallest absolute Gasteiger partial charge is 0.236 e. The zero-order chi connectivity index (χ0) is 16.8. The quantitative estimate of drug-likeness (QED) is 0.781. The number of carbonyl (C=O) groups is 1. The first-order valence-electron chi connectivity index (χ1n) is 7.44. The molecule has 2 aromatic rings. The lowest BCUT2D eigenvalue weighted by molar-refractivity contribution is -0.131. The Balaban J connectivity index is 1.83. The van der Waals surface area contributed by atoms with Gasteiger partial charge in [0.25, 0.3) is 0 Å². The van der Waals surface area contributed by atoms with Gasteiger partial charge in [0.1, 0.15) is 5.75 Å². The number of hydrogen-bond donors (Lipinski definition) is 0. The molecule has 0 aliphatic rings. The minimum atomic E-state index is 0.101. The number of aromatic nitrogens is 1. The maximum absolute atomic E-state index is 12.3. The van der Waals surface area contributed by atoms with Crippen molar-refractivity contribution in [3.8, 4) is 5.75 Å². The van der Waals surface area contributed by atoms with E-state index in [0.29, 0.717) is 13.1 Å². The van der Waals surface area contributed by atoms with Gasteiger partial charge in [-0.05, 0) is 31.7 Å². The average Bonchev–Trinajstić information content (AvgIpc) is 2.92. The van der Waals surface area contributed by atoms with Crippen molar-refractivity contribution in [2.75, 3.05) is 27.7 Å². The largest absolute Gasteiger partial charge is 0.497 e. The van der Waals surface area contributed by atoms with Crippen molar-refractivity contribution in [1.29, 1.82) is 0 Å². The van der Waals surface area contributed by atoms with Crippen LogP contribution in [-0.2, 0) is 17.9 Å². The van der Waals surface area contributed by atoms with E-state index >= 15 is 0 Å². The van der Waals surface area contributed by atoms with Crippen LogP contribution in [0.1, 0.15) is 15.4 Å². The molecule has 6 heteroatoms. The molecule has 1 heterocycles. The van der Waals surface area contributed by atoms with Gasteiger partial charge in [-0.3, -0.25) is 9.69 Å². The lowest BCUT2D eigenvalue weighted by atomic mass is 10.2. The fraction of sp³-hybridized carbons (Fsp3) is 0.412. The van der Waals surface area contributed by atoms with Gasteiger partial charge in [0.2, 0.25) is 5.91 Å². The maximum atomic E-state index is 12.3. The van der Waals surface area contributed by atoms with E-state index in [4.69, 9.17) is 4.74 Å². The molecule has 0 N–H and O–H groups in total. The number of likely N-dealkylation sites (N-methyl/N-ethyl adjacent to an activating group) is 2. The third-order valence-corrected chi connectivity index (χ3v) is 4.40. The van der Waals surface area contributed by atoms with E-state index < -0.39 is 0 Å². The first-order chi connectivity index (χ1) is 11.0. The van der Waals surface area contributed by atoms with Crippen molar-refractivity contribution < 1.29 is 9.53 Å². The number of thiazole rings is 1. The monoisotopic (exact) mass is 333 g/mol. The van der Waals surface area contributed by atoms with Gasteiger partial charge in [-0.1, -0.05) is 12.1 Å². The topological polar surface area (TPSA) is 45.7 Å². The molecule has 0 saturated heterocycles. The van der Waals surface area contributed by atoms with E-state index in [9.17, 15) is 4.79 Å². The van der Waals surface area contributed by atoms with Gasteiger partial charge in [-0.25, -0.2) is 4.98 Å². The summed E-state index contributed by atoms with van der Waals surface area (Å²) in [5.41, 5.74) is 1.09. The maximum Gasteiger partial charge on any atom is 0.236 e. The number of methoxy groups -OCH3 is 1. The number of amides is 1. The van der Waals surface area contributed by atoms with Gasteiger partial charge in [0, 0.05) is 31.2 Å². The predicted molar refractivity (Wildman–Crippen MR) is 92.7 cm³/mol. The Morgan fingerprint density at radius 3 is 2.48 bits per heavy atom. The van der Waals surface area contributed by atoms with Gasteiger partial charge in [-0.15, -0.1) is 11.3 Å². The van der Waals surface area contributed by atoms with Crippen LogP contribution in [0.15, 0.2) is 30.5 Å². The Labute approximate surface area is 141 Å². The lowest BCUT2D eigenvalue weighted by Crippen LogP contribution is -2.35. The molecule has 1 aromatic heterocycles. The van der Waals surface area contributed by atoms with Crippen LogP contribution < -0.4 is 4.74 Å². The van der Waals surface area contributed by atoms with Crippen molar-refractivity contribution in [3.05, 3.63) is 45.9 Å². The van der Waals surface area contributed by atoms with Crippen molar-refractivity contribution in [2.24, 2.45) is 0 Å². The summed E-state index contributed by atoms with van der Waals surface area (Å²) in [6, 6.07) is 7.77. The van der Waals surface area contributed by atoms with Crippen LogP contribution in [-0.4, -0.2) is 48.4 Å². The third-order valence-electron chi connectivity index (χ3n) is 3.50. The van der Waals surface area contributed by atoms with Crippen LogP contribution >= 0.6 is 11.3 Å². The van der Waals surface area contributed by atoms with Crippen molar-refractivity contribution in [2.45, 2.75) is 20.0 Å². The van der Waals surface area contributed by atoms with Crippen molar-refractivity contribution >= 4 is 17.2 Å². The Morgan fingerprint density at radius 2 is 1.91 bits per heavy atom. The number of nitrogens with zero attached hydrogens (tertiary/aromatic N) is 3. The molecule has 0 atom stereocenters. The van der Waals surface area contributed by atoms with Gasteiger partial charge < -0.3 is 9.64 Å². The fourth-order valence-corrected chi connectivity index (χ4v) is 3.12. The summed E-state index contributed by atoms with van der Waals surface area (Å²) in [4.78, 5) is 21.5. The van der Waals surface area contributed by atoms with Gasteiger partial charge in [0.15, 0.2) is 0 Å². The predicted octanol–water partition coefficient (Wildman–Crippen LogP) is 2.55. The van der Waals surface area contributed by atoms with Crippen LogP contribution in [0.25, 0.3) is 0 Å². The summed E-state index contributed by atoms with van der Waals surface area (Å²) in [6.45, 7) is 3.72. The van der Waals surface area contributed by atoms with E-state index in [-0.39, 0.29) is 5.91 Å². The van der Waals surface area contributed by atoms with Crippen LogP contribution in [0, 0.1) is 6.92 Å². The number of ether oxygens (including phenoxy) is 1. The molecule has 124 valence electrons. The van der Waals surface area contributed by atoms with Crippen molar-refractivity contribution in [1.82, 2.24) is 14.8 Å². The van der Waals surface area contributed by atoms with Crippen LogP contribution in [0.2, 0.25) is 0 Å². The summed E-state index contributed by atoms with van der Waals surface area (Å²) in [7, 11) is 5.43. The second-order valence-corrected chi connectivity index (χ2v) is 6.94. The molecule has 5 nitrogen and oxygen atoms in total. The number of carbonyl (C=O) groups excluding carboxylic acids is 1. The third kappa shape index (κ3) is 5.33. The molecule has 0 aliphatic carbocycles. The molecule has 0 bridgehead atoms. The van der Waals surface area contributed by atoms with E-state index in [1.165, 1.54) is 4.88 Å². The molecule has 0 fully saturated rings. The van der Waals surface area contributed by atoms with Crippen molar-refractivity contribution in [3.63, 3.8) is 0 Å². The second-order valence-electron chi connectivity index (χ2n) is 5.62. The highest BCUT2D eigenvalue weighted by atomic mass is 32.1. The lowest BCUT2D eigenvalue weighted by Gasteiger charge is -2.21. The fourth-order valence-electron chi connectivity index (χ4n) is 2.24. The number of rotatable bonds is 7. The Kier molecular flexibility index (Phi) is 6.12. The highest BCUT2D eigenvalue weighted by Gasteiger charge is 2.13. The molecule has 1 amide bonds. The van der Waals surface area contributed by atoms with Crippen LogP contribution in [0.5, 0.6) is 5.75 Å². The zero-order valence-electron chi connectivity index (χ0n) is 14.1. The van der Waals surface area contributed by atoms with Gasteiger partial charge in [0.05, 0.1) is 18.7 Å². The zero-order valence-corrected chi connectivity index (χ0v) is 14.9. The number of aryl methyl sites for hydroxylation is 1. The van der Waals surface area contributed by atoms with Crippen LogP contribution in [0.3, 0.4) is 0 Å². The van der Waals surface area contributed by atoms with E-state index in [2.05, 4.69) is 4.98 Å².